The van der Waals surface area contributed by atoms with Gasteiger partial charge >= 0.3 is 0 Å². The van der Waals surface area contributed by atoms with E-state index < -0.39 is 0 Å². The van der Waals surface area contributed by atoms with Crippen molar-refractivity contribution in [2.45, 2.75) is 33.1 Å². The van der Waals surface area contributed by atoms with Crippen LogP contribution >= 0.6 is 0 Å². The summed E-state index contributed by atoms with van der Waals surface area (Å²) in [5.41, 5.74) is 6.40. The molecule has 0 unspecified atom stereocenters. The van der Waals surface area contributed by atoms with Crippen molar-refractivity contribution in [3.8, 4) is 6.07 Å². The highest BCUT2D eigenvalue weighted by molar-refractivity contribution is 5.66. The lowest BCUT2D eigenvalue weighted by Crippen LogP contribution is -2.02. The molecule has 3 nitrogen and oxygen atoms in total. The van der Waals surface area contributed by atoms with Crippen LogP contribution in [0.2, 0.25) is 0 Å². The Balaban J connectivity index is 2.00. The predicted octanol–water partition coefficient (Wildman–Crippen LogP) is 3.80. The second-order valence-corrected chi connectivity index (χ2v) is 5.40. The SMILES string of the molecule is Cc1ccc(Nc2nc3c(cc2C#N)CCC3)c(C)c1. The molecule has 1 aromatic carbocycles. The number of hydrogen-bond acceptors (Lipinski definition) is 3. The highest BCUT2D eigenvalue weighted by Gasteiger charge is 2.16. The molecule has 1 N–H and O–H groups in total. The number of aromatic nitrogens is 1. The molecule has 0 saturated heterocycles. The van der Waals surface area contributed by atoms with Gasteiger partial charge in [-0.1, -0.05) is 17.7 Å². The minimum absolute atomic E-state index is 0.630. The summed E-state index contributed by atoms with van der Waals surface area (Å²) in [5, 5.41) is 12.6. The maximum absolute atomic E-state index is 9.31. The first kappa shape index (κ1) is 12.7. The molecule has 3 heteroatoms. The quantitative estimate of drug-likeness (QED) is 0.896. The lowest BCUT2D eigenvalue weighted by Gasteiger charge is -2.12. The van der Waals surface area contributed by atoms with E-state index in [9.17, 15) is 5.26 Å². The number of nitriles is 1. The van der Waals surface area contributed by atoms with Gasteiger partial charge in [0, 0.05) is 11.4 Å². The fourth-order valence-electron chi connectivity index (χ4n) is 2.73. The molecular weight excluding hydrogens is 246 g/mol. The average Bonchev–Trinajstić information content (AvgIpc) is 2.88. The van der Waals surface area contributed by atoms with Crippen LogP contribution in [0.25, 0.3) is 0 Å². The molecule has 100 valence electrons. The third-order valence-corrected chi connectivity index (χ3v) is 3.81. The van der Waals surface area contributed by atoms with Crippen LogP contribution < -0.4 is 5.32 Å². The first-order valence-corrected chi connectivity index (χ1v) is 6.94. The molecule has 0 radical (unpaired) electrons. The fraction of sp³-hybridized carbons (Fsp3) is 0.294. The second kappa shape index (κ2) is 4.97. The highest BCUT2D eigenvalue weighted by atomic mass is 15.0. The topological polar surface area (TPSA) is 48.7 Å². The molecule has 0 amide bonds. The molecule has 3 rings (SSSR count). The van der Waals surface area contributed by atoms with Gasteiger partial charge in [-0.15, -0.1) is 0 Å². The van der Waals surface area contributed by atoms with Gasteiger partial charge < -0.3 is 5.32 Å². The Morgan fingerprint density at radius 3 is 2.80 bits per heavy atom. The molecule has 1 heterocycles. The van der Waals surface area contributed by atoms with Crippen LogP contribution in [0.15, 0.2) is 24.3 Å². The zero-order valence-corrected chi connectivity index (χ0v) is 11.8. The van der Waals surface area contributed by atoms with Crippen molar-refractivity contribution in [1.82, 2.24) is 4.98 Å². The molecule has 0 atom stereocenters. The highest BCUT2D eigenvalue weighted by Crippen LogP contribution is 2.28. The van der Waals surface area contributed by atoms with E-state index in [0.29, 0.717) is 11.4 Å². The first-order chi connectivity index (χ1) is 9.67. The van der Waals surface area contributed by atoms with Crippen molar-refractivity contribution in [3.05, 3.63) is 52.2 Å². The Labute approximate surface area is 119 Å². The van der Waals surface area contributed by atoms with Crippen molar-refractivity contribution in [3.63, 3.8) is 0 Å². The van der Waals surface area contributed by atoms with E-state index in [2.05, 4.69) is 42.4 Å². The molecule has 0 fully saturated rings. The molecule has 0 bridgehead atoms. The number of anilines is 2. The van der Waals surface area contributed by atoms with Crippen molar-refractivity contribution < 1.29 is 0 Å². The second-order valence-electron chi connectivity index (χ2n) is 5.40. The van der Waals surface area contributed by atoms with Crippen LogP contribution in [0, 0.1) is 25.2 Å². The van der Waals surface area contributed by atoms with Crippen LogP contribution in [-0.4, -0.2) is 4.98 Å². The van der Waals surface area contributed by atoms with E-state index in [1.165, 1.54) is 11.1 Å². The normalized spacial score (nSPS) is 12.8. The Hall–Kier alpha value is -2.34. The van der Waals surface area contributed by atoms with Gasteiger partial charge in [-0.3, -0.25) is 0 Å². The van der Waals surface area contributed by atoms with E-state index in [1.807, 2.05) is 12.1 Å². The molecule has 0 spiro atoms. The zero-order valence-electron chi connectivity index (χ0n) is 11.8. The van der Waals surface area contributed by atoms with Gasteiger partial charge in [0.25, 0.3) is 0 Å². The summed E-state index contributed by atoms with van der Waals surface area (Å²) in [7, 11) is 0. The number of hydrogen-bond donors (Lipinski definition) is 1. The summed E-state index contributed by atoms with van der Waals surface area (Å²) in [6.07, 6.45) is 3.20. The van der Waals surface area contributed by atoms with Gasteiger partial charge in [-0.25, -0.2) is 4.98 Å². The van der Waals surface area contributed by atoms with Crippen molar-refractivity contribution in [2.24, 2.45) is 0 Å². The number of rotatable bonds is 2. The monoisotopic (exact) mass is 263 g/mol. The Kier molecular flexibility index (Phi) is 3.15. The number of aryl methyl sites for hydroxylation is 4. The van der Waals surface area contributed by atoms with Gasteiger partial charge in [0.05, 0.1) is 5.56 Å². The third-order valence-electron chi connectivity index (χ3n) is 3.81. The molecule has 2 aromatic rings. The number of benzene rings is 1. The van der Waals surface area contributed by atoms with Crippen LogP contribution in [0.5, 0.6) is 0 Å². The minimum Gasteiger partial charge on any atom is -0.339 e. The predicted molar refractivity (Wildman–Crippen MR) is 80.2 cm³/mol. The lowest BCUT2D eigenvalue weighted by molar-refractivity contribution is 0.900. The van der Waals surface area contributed by atoms with Gasteiger partial charge in [-0.2, -0.15) is 5.26 Å². The number of pyridine rings is 1. The number of nitrogens with one attached hydrogen (secondary N) is 1. The Morgan fingerprint density at radius 1 is 1.20 bits per heavy atom. The Morgan fingerprint density at radius 2 is 2.05 bits per heavy atom. The number of nitrogens with zero attached hydrogens (tertiary/aromatic N) is 2. The maximum atomic E-state index is 9.31. The molecular formula is C17H17N3. The standard InChI is InChI=1S/C17H17N3/c1-11-6-7-15(12(2)8-11)19-17-14(10-18)9-13-4-3-5-16(13)20-17/h6-9H,3-5H2,1-2H3,(H,19,20). The van der Waals surface area contributed by atoms with E-state index in [4.69, 9.17) is 0 Å². The summed E-state index contributed by atoms with van der Waals surface area (Å²) < 4.78 is 0. The van der Waals surface area contributed by atoms with Crippen molar-refractivity contribution >= 4 is 11.5 Å². The van der Waals surface area contributed by atoms with Crippen LogP contribution in [-0.2, 0) is 12.8 Å². The smallest absolute Gasteiger partial charge is 0.148 e. The molecule has 0 saturated carbocycles. The summed E-state index contributed by atoms with van der Waals surface area (Å²) in [4.78, 5) is 4.65. The first-order valence-electron chi connectivity index (χ1n) is 6.94. The van der Waals surface area contributed by atoms with Crippen LogP contribution in [0.3, 0.4) is 0 Å². The van der Waals surface area contributed by atoms with Crippen molar-refractivity contribution in [1.29, 1.82) is 5.26 Å². The molecule has 1 aromatic heterocycles. The average molecular weight is 263 g/mol. The van der Waals surface area contributed by atoms with Gasteiger partial charge in [0.15, 0.2) is 0 Å². The summed E-state index contributed by atoms with van der Waals surface area (Å²) in [6.45, 7) is 4.14. The molecule has 0 aliphatic heterocycles. The van der Waals surface area contributed by atoms with E-state index in [-0.39, 0.29) is 0 Å². The van der Waals surface area contributed by atoms with E-state index in [1.54, 1.807) is 0 Å². The molecule has 1 aliphatic rings. The van der Waals surface area contributed by atoms with E-state index in [0.717, 1.165) is 36.2 Å². The molecule has 20 heavy (non-hydrogen) atoms. The largest absolute Gasteiger partial charge is 0.339 e. The fourth-order valence-corrected chi connectivity index (χ4v) is 2.73. The van der Waals surface area contributed by atoms with E-state index >= 15 is 0 Å². The molecule has 1 aliphatic carbocycles. The number of fused-ring (bicyclic) bond motifs is 1. The van der Waals surface area contributed by atoms with Gasteiger partial charge in [-0.05, 0) is 56.4 Å². The maximum Gasteiger partial charge on any atom is 0.148 e. The van der Waals surface area contributed by atoms with Crippen LogP contribution in [0.4, 0.5) is 11.5 Å². The lowest BCUT2D eigenvalue weighted by atomic mass is 10.1. The Bertz CT molecular complexity index is 711. The van der Waals surface area contributed by atoms with Gasteiger partial charge in [0.1, 0.15) is 11.9 Å². The zero-order chi connectivity index (χ0) is 14.1. The minimum atomic E-state index is 0.630. The summed E-state index contributed by atoms with van der Waals surface area (Å²) in [5.74, 6) is 0.681. The van der Waals surface area contributed by atoms with Crippen LogP contribution in [0.1, 0.15) is 34.4 Å². The summed E-state index contributed by atoms with van der Waals surface area (Å²) >= 11 is 0. The summed E-state index contributed by atoms with van der Waals surface area (Å²) in [6, 6.07) is 10.5. The van der Waals surface area contributed by atoms with Gasteiger partial charge in [0.2, 0.25) is 0 Å². The third kappa shape index (κ3) is 2.25. The van der Waals surface area contributed by atoms with Crippen molar-refractivity contribution in [2.75, 3.05) is 5.32 Å².